The van der Waals surface area contributed by atoms with Crippen molar-refractivity contribution in [2.75, 3.05) is 6.61 Å². The Morgan fingerprint density at radius 2 is 2.20 bits per heavy atom. The first-order valence-electron chi connectivity index (χ1n) is 2.17. The molecule has 0 heterocycles. The molecule has 0 atom stereocenters. The van der Waals surface area contributed by atoms with E-state index in [4.69, 9.17) is 6.48 Å². The van der Waals surface area contributed by atoms with Crippen LogP contribution in [-0.2, 0) is 0 Å². The Hall–Kier alpha value is -0.0400. The average Bonchev–Trinajstić information content (AvgIpc) is 1.35. The first-order chi connectivity index (χ1) is 2.56. The monoisotopic (exact) mass is 76.1 g/mol. The van der Waals surface area contributed by atoms with Crippen molar-refractivity contribution in [1.29, 1.82) is 0 Å². The molecule has 0 saturated carbocycles. The van der Waals surface area contributed by atoms with Gasteiger partial charge in [0.05, 0.1) is 0 Å². The molecule has 5 heavy (non-hydrogen) atoms. The van der Waals surface area contributed by atoms with E-state index in [-0.39, 0.29) is 6.61 Å². The van der Waals surface area contributed by atoms with Crippen molar-refractivity contribution in [3.8, 4) is 0 Å². The smallest absolute Gasteiger partial charge is 0.0453 e. The van der Waals surface area contributed by atoms with Gasteiger partial charge in [0.25, 0.3) is 0 Å². The van der Waals surface area contributed by atoms with Crippen LogP contribution in [0.15, 0.2) is 0 Å². The maximum Gasteiger partial charge on any atom is 0.0453 e. The Labute approximate surface area is 34.0 Å². The molecule has 32 valence electrons. The summed E-state index contributed by atoms with van der Waals surface area (Å²) in [7, 11) is 0. The molecule has 0 bridgehead atoms. The molecule has 0 unspecified atom stereocenters. The molecule has 0 radical (unpaired) electrons. The maximum atomic E-state index is 8.22. The molecule has 0 aromatic carbocycles. The van der Waals surface area contributed by atoms with E-state index in [1.165, 1.54) is 0 Å². The van der Waals surface area contributed by atoms with E-state index in [0.717, 1.165) is 0 Å². The zero-order valence-corrected chi connectivity index (χ0v) is 3.65. The van der Waals surface area contributed by atoms with E-state index in [1.807, 2.05) is 0 Å². The molecule has 1 N–H and O–H groups in total. The minimum Gasteiger partial charge on any atom is -0.396 e. The van der Waals surface area contributed by atoms with Crippen LogP contribution >= 0.6 is 0 Å². The molecule has 0 aromatic rings. The van der Waals surface area contributed by atoms with Crippen LogP contribution in [0.25, 0.3) is 0 Å². The van der Waals surface area contributed by atoms with Crippen LogP contribution < -0.4 is 0 Å². The Bertz CT molecular complexity index is 37.3. The highest BCUT2D eigenvalue weighted by molar-refractivity contribution is 4.32. The summed E-state index contributed by atoms with van der Waals surface area (Å²) in [6.45, 7) is 3.26. The molecule has 0 aliphatic rings. The number of rotatable bonds is 1. The summed E-state index contributed by atoms with van der Waals surface area (Å²) in [4.78, 5) is 0. The summed E-state index contributed by atoms with van der Waals surface area (Å²) < 4.78 is 6.93. The largest absolute Gasteiger partial charge is 0.396 e. The third-order valence-electron chi connectivity index (χ3n) is 0.316. The predicted molar refractivity (Wildman–Crippen MR) is 21.9 cm³/mol. The van der Waals surface area contributed by atoms with E-state index < -0.39 is 5.89 Å². The van der Waals surface area contributed by atoms with Crippen molar-refractivity contribution >= 4 is 0 Å². The second-order valence-electron chi connectivity index (χ2n) is 1.37. The van der Waals surface area contributed by atoms with Crippen molar-refractivity contribution in [2.24, 2.45) is 5.89 Å². The lowest BCUT2D eigenvalue weighted by atomic mass is 10.2. The van der Waals surface area contributed by atoms with Gasteiger partial charge >= 0.3 is 0 Å². The van der Waals surface area contributed by atoms with Crippen LogP contribution in [0.2, 0.25) is 0 Å². The second-order valence-corrected chi connectivity index (χ2v) is 1.37. The molecule has 0 rings (SSSR count). The van der Waals surface area contributed by atoms with Crippen molar-refractivity contribution in [1.82, 2.24) is 0 Å². The standard InChI is InChI=1S/C4H10O/c1-4(2)3-5/h4-5H,3H2,1-2H3/i4T. The lowest BCUT2D eigenvalue weighted by Gasteiger charge is -1.90. The number of hydrogen-bond donors (Lipinski definition) is 1. The molecule has 0 aromatic heterocycles. The minimum atomic E-state index is -0.653. The van der Waals surface area contributed by atoms with Crippen LogP contribution in [0.3, 0.4) is 0 Å². The number of hydrogen-bond acceptors (Lipinski definition) is 1. The first-order valence-corrected chi connectivity index (χ1v) is 1.67. The lowest BCUT2D eigenvalue weighted by molar-refractivity contribution is 0.248. The van der Waals surface area contributed by atoms with Crippen LogP contribution in [0.5, 0.6) is 0 Å². The molecule has 0 aliphatic carbocycles. The van der Waals surface area contributed by atoms with Gasteiger partial charge in [-0.25, -0.2) is 0 Å². The summed E-state index contributed by atoms with van der Waals surface area (Å²) in [5.41, 5.74) is 0. The van der Waals surface area contributed by atoms with Gasteiger partial charge in [-0.15, -0.1) is 0 Å². The third kappa shape index (κ3) is 3.96. The maximum absolute atomic E-state index is 8.22. The Balaban J connectivity index is 3.17. The average molecular weight is 76.1 g/mol. The molecule has 0 aliphatic heterocycles. The predicted octanol–water partition coefficient (Wildman–Crippen LogP) is 0.635. The summed E-state index contributed by atoms with van der Waals surface area (Å²) in [6, 6.07) is 0. The second kappa shape index (κ2) is 2.21. The van der Waals surface area contributed by atoms with Crippen LogP contribution in [0.4, 0.5) is 0 Å². The van der Waals surface area contributed by atoms with Crippen molar-refractivity contribution in [2.45, 2.75) is 13.8 Å². The fraction of sp³-hybridized carbons (Fsp3) is 1.00. The number of aliphatic hydroxyl groups is 1. The fourth-order valence-corrected chi connectivity index (χ4v) is 0. The van der Waals surface area contributed by atoms with Gasteiger partial charge in [-0.1, -0.05) is 13.8 Å². The number of aliphatic hydroxyl groups excluding tert-OH is 1. The van der Waals surface area contributed by atoms with E-state index in [1.54, 1.807) is 13.8 Å². The van der Waals surface area contributed by atoms with Crippen molar-refractivity contribution < 1.29 is 6.48 Å². The molecule has 0 saturated heterocycles. The van der Waals surface area contributed by atoms with Crippen molar-refractivity contribution in [3.05, 3.63) is 0 Å². The highest BCUT2D eigenvalue weighted by Crippen LogP contribution is 1.83. The van der Waals surface area contributed by atoms with Crippen molar-refractivity contribution in [3.63, 3.8) is 0 Å². The van der Waals surface area contributed by atoms with E-state index >= 15 is 0 Å². The van der Waals surface area contributed by atoms with Gasteiger partial charge in [0, 0.05) is 7.98 Å². The molecule has 0 spiro atoms. The van der Waals surface area contributed by atoms with E-state index in [9.17, 15) is 0 Å². The zero-order valence-electron chi connectivity index (χ0n) is 4.65. The van der Waals surface area contributed by atoms with Crippen LogP contribution in [-0.4, -0.2) is 11.7 Å². The van der Waals surface area contributed by atoms with Gasteiger partial charge in [-0.05, 0) is 5.89 Å². The summed E-state index contributed by atoms with van der Waals surface area (Å²) >= 11 is 0. The Morgan fingerprint density at radius 1 is 2.00 bits per heavy atom. The first kappa shape index (κ1) is 3.16. The molecule has 0 fully saturated rings. The normalized spacial score (nSPS) is 14.6. The summed E-state index contributed by atoms with van der Waals surface area (Å²) in [6.07, 6.45) is 0. The van der Waals surface area contributed by atoms with Gasteiger partial charge in [-0.2, -0.15) is 0 Å². The molecular formula is C4H10O. The molecular weight excluding hydrogens is 64.0 g/mol. The van der Waals surface area contributed by atoms with E-state index in [0.29, 0.717) is 0 Å². The van der Waals surface area contributed by atoms with Crippen LogP contribution in [0, 0.1) is 5.89 Å². The van der Waals surface area contributed by atoms with Gasteiger partial charge in [-0.3, -0.25) is 0 Å². The highest BCUT2D eigenvalue weighted by atomic mass is 16.3. The van der Waals surface area contributed by atoms with Gasteiger partial charge in [0.15, 0.2) is 0 Å². The molecule has 0 amide bonds. The van der Waals surface area contributed by atoms with Gasteiger partial charge in [0.2, 0.25) is 0 Å². The molecule has 1 heteroatoms. The minimum absolute atomic E-state index is 0.0625. The molecule has 1 nitrogen and oxygen atoms in total. The Morgan fingerprint density at radius 3 is 2.20 bits per heavy atom. The van der Waals surface area contributed by atoms with Gasteiger partial charge in [0.1, 0.15) is 0 Å². The highest BCUT2D eigenvalue weighted by Gasteiger charge is 1.81. The zero-order chi connectivity index (χ0) is 5.21. The Kier molecular flexibility index (Phi) is 1.40. The summed E-state index contributed by atoms with van der Waals surface area (Å²) in [5.74, 6) is -0.653. The third-order valence-corrected chi connectivity index (χ3v) is 0.316. The summed E-state index contributed by atoms with van der Waals surface area (Å²) in [5, 5.41) is 8.22. The fourth-order valence-electron chi connectivity index (χ4n) is 0. The SMILES string of the molecule is [3H]C(C)(C)CO. The topological polar surface area (TPSA) is 20.2 Å². The van der Waals surface area contributed by atoms with Gasteiger partial charge < -0.3 is 5.11 Å². The van der Waals surface area contributed by atoms with E-state index in [2.05, 4.69) is 0 Å². The van der Waals surface area contributed by atoms with Crippen LogP contribution in [0.1, 0.15) is 15.2 Å². The lowest BCUT2D eigenvalue weighted by Crippen LogP contribution is -1.90. The quantitative estimate of drug-likeness (QED) is 0.485.